The van der Waals surface area contributed by atoms with Gasteiger partial charge in [0, 0.05) is 13.0 Å². The van der Waals surface area contributed by atoms with E-state index in [9.17, 15) is 9.59 Å². The third kappa shape index (κ3) is 3.47. The maximum atomic E-state index is 12.9. The van der Waals surface area contributed by atoms with E-state index in [0.717, 1.165) is 22.7 Å². The van der Waals surface area contributed by atoms with Gasteiger partial charge in [-0.05, 0) is 18.1 Å². The molecule has 0 fully saturated rings. The van der Waals surface area contributed by atoms with Crippen molar-refractivity contribution in [2.24, 2.45) is 0 Å². The second-order valence-corrected chi connectivity index (χ2v) is 6.82. The zero-order valence-corrected chi connectivity index (χ0v) is 15.0. The van der Waals surface area contributed by atoms with E-state index in [2.05, 4.69) is 10.7 Å². The zero-order valence-electron chi connectivity index (χ0n) is 14.2. The topological polar surface area (TPSA) is 98.3 Å². The Bertz CT molecular complexity index is 990. The first-order valence-electron chi connectivity index (χ1n) is 8.09. The molecule has 0 atom stereocenters. The predicted octanol–water partition coefficient (Wildman–Crippen LogP) is 1.74. The molecule has 1 aromatic carbocycles. The van der Waals surface area contributed by atoms with Crippen molar-refractivity contribution in [1.29, 1.82) is 0 Å². The number of nitrogens with one attached hydrogen (secondary N) is 1. The molecular formula is C18H20N2O4S+2. The number of rotatable bonds is 5. The number of hydrogen-bond acceptors (Lipinski definition) is 5. The van der Waals surface area contributed by atoms with E-state index in [0.29, 0.717) is 28.7 Å². The summed E-state index contributed by atoms with van der Waals surface area (Å²) >= 11 is 1.54. The standard InChI is InChI=1S/C18H18N2O4S/c1-3-4-11-5-12-16(6-15(11)24-17(21)7-19)23-8-13(18(12)22)14-9-25-10(2)20-14/h5-6,8-9H,3-4,7,19H2,1-2H3/p+2. The number of H-pyrrole nitrogens is 1. The monoisotopic (exact) mass is 360 g/mol. The van der Waals surface area contributed by atoms with E-state index >= 15 is 0 Å². The third-order valence-electron chi connectivity index (χ3n) is 3.86. The summed E-state index contributed by atoms with van der Waals surface area (Å²) in [4.78, 5) is 27.7. The minimum absolute atomic E-state index is 0.0415. The van der Waals surface area contributed by atoms with Crippen molar-refractivity contribution >= 4 is 28.3 Å². The molecule has 0 radical (unpaired) electrons. The van der Waals surface area contributed by atoms with Gasteiger partial charge in [0.1, 0.15) is 23.2 Å². The van der Waals surface area contributed by atoms with Crippen LogP contribution < -0.4 is 20.9 Å². The molecule has 2 aromatic heterocycles. The molecule has 0 bridgehead atoms. The molecule has 0 aliphatic carbocycles. The van der Waals surface area contributed by atoms with Gasteiger partial charge < -0.3 is 14.9 Å². The number of esters is 1. The zero-order chi connectivity index (χ0) is 18.0. The lowest BCUT2D eigenvalue weighted by molar-refractivity contribution is -0.366. The maximum absolute atomic E-state index is 12.9. The van der Waals surface area contributed by atoms with Gasteiger partial charge in [-0.2, -0.15) is 4.98 Å². The summed E-state index contributed by atoms with van der Waals surface area (Å²) in [6, 6.07) is 3.38. The highest BCUT2D eigenvalue weighted by atomic mass is 32.1. The van der Waals surface area contributed by atoms with Gasteiger partial charge in [0.2, 0.25) is 16.1 Å². The van der Waals surface area contributed by atoms with Crippen LogP contribution in [0.2, 0.25) is 0 Å². The van der Waals surface area contributed by atoms with Gasteiger partial charge in [-0.3, -0.25) is 4.79 Å². The molecule has 0 aliphatic rings. The number of fused-ring (bicyclic) bond motifs is 1. The molecule has 0 aliphatic heterocycles. The number of carbonyl (C=O) groups excluding carboxylic acids is 1. The van der Waals surface area contributed by atoms with E-state index in [1.807, 2.05) is 19.2 Å². The first-order valence-corrected chi connectivity index (χ1v) is 8.97. The van der Waals surface area contributed by atoms with Crippen LogP contribution in [0.5, 0.6) is 5.75 Å². The molecule has 7 heteroatoms. The van der Waals surface area contributed by atoms with Crippen molar-refractivity contribution in [3.63, 3.8) is 0 Å². The Hall–Kier alpha value is -2.51. The van der Waals surface area contributed by atoms with Crippen LogP contribution in [0, 0.1) is 6.92 Å². The van der Waals surface area contributed by atoms with E-state index < -0.39 is 5.97 Å². The SMILES string of the molecule is CCCc1cc2c(=O)c(-c3csc(C)[nH+]3)coc2cc1OC(=O)C[NH3+]. The average molecular weight is 360 g/mol. The lowest BCUT2D eigenvalue weighted by Crippen LogP contribution is -2.55. The van der Waals surface area contributed by atoms with Gasteiger partial charge in [-0.1, -0.05) is 24.7 Å². The summed E-state index contributed by atoms with van der Waals surface area (Å²) in [6.07, 6.45) is 3.00. The number of aromatic amines is 1. The van der Waals surface area contributed by atoms with Gasteiger partial charge in [0.15, 0.2) is 6.54 Å². The third-order valence-corrected chi connectivity index (χ3v) is 4.67. The Balaban J connectivity index is 2.16. The van der Waals surface area contributed by atoms with Gasteiger partial charge >= 0.3 is 5.97 Å². The van der Waals surface area contributed by atoms with Gasteiger partial charge in [-0.25, -0.2) is 4.79 Å². The Morgan fingerprint density at radius 1 is 1.40 bits per heavy atom. The fourth-order valence-corrected chi connectivity index (χ4v) is 3.30. The Morgan fingerprint density at radius 3 is 2.84 bits per heavy atom. The molecular weight excluding hydrogens is 340 g/mol. The molecule has 3 rings (SSSR count). The van der Waals surface area contributed by atoms with Crippen molar-refractivity contribution in [3.8, 4) is 17.0 Å². The summed E-state index contributed by atoms with van der Waals surface area (Å²) in [5, 5.41) is 3.38. The summed E-state index contributed by atoms with van der Waals surface area (Å²) in [7, 11) is 0. The summed E-state index contributed by atoms with van der Waals surface area (Å²) in [5.74, 6) is 0.0101. The lowest BCUT2D eigenvalue weighted by atomic mass is 10.0. The molecule has 130 valence electrons. The van der Waals surface area contributed by atoms with E-state index in [4.69, 9.17) is 9.15 Å². The highest BCUT2D eigenvalue weighted by molar-refractivity contribution is 7.09. The number of thiazole rings is 1. The molecule has 25 heavy (non-hydrogen) atoms. The van der Waals surface area contributed by atoms with Gasteiger partial charge in [-0.15, -0.1) is 0 Å². The van der Waals surface area contributed by atoms with Crippen LogP contribution in [0.3, 0.4) is 0 Å². The number of benzene rings is 1. The first-order chi connectivity index (χ1) is 12.0. The maximum Gasteiger partial charge on any atom is 0.366 e. The smallest absolute Gasteiger partial charge is 0.366 e. The quantitative estimate of drug-likeness (QED) is 0.553. The van der Waals surface area contributed by atoms with Crippen LogP contribution in [0.1, 0.15) is 23.9 Å². The highest BCUT2D eigenvalue weighted by Gasteiger charge is 2.19. The molecule has 0 saturated heterocycles. The predicted molar refractivity (Wildman–Crippen MR) is 94.5 cm³/mol. The van der Waals surface area contributed by atoms with Crippen LogP contribution in [-0.2, 0) is 11.2 Å². The van der Waals surface area contributed by atoms with Crippen LogP contribution in [0.25, 0.3) is 22.2 Å². The van der Waals surface area contributed by atoms with Crippen molar-refractivity contribution < 1.29 is 24.7 Å². The fraction of sp³-hybridized carbons (Fsp3) is 0.278. The molecule has 0 unspecified atom stereocenters. The molecule has 0 amide bonds. The Labute approximate surface area is 148 Å². The summed E-state index contributed by atoms with van der Waals surface area (Å²) in [6.45, 7) is 4.01. The fourth-order valence-electron chi connectivity index (χ4n) is 2.65. The molecule has 4 N–H and O–H groups in total. The second kappa shape index (κ2) is 7.16. The highest BCUT2D eigenvalue weighted by Crippen LogP contribution is 2.27. The summed E-state index contributed by atoms with van der Waals surface area (Å²) < 4.78 is 11.0. The molecule has 6 nitrogen and oxygen atoms in total. The number of quaternary nitrogens is 1. The van der Waals surface area contributed by atoms with Crippen LogP contribution in [0.15, 0.2) is 33.0 Å². The molecule has 0 saturated carbocycles. The molecule has 2 heterocycles. The lowest BCUT2D eigenvalue weighted by Gasteiger charge is -2.10. The van der Waals surface area contributed by atoms with E-state index in [1.165, 1.54) is 17.6 Å². The Morgan fingerprint density at radius 2 is 2.20 bits per heavy atom. The molecule has 3 aromatic rings. The number of hydrogen-bond donors (Lipinski definition) is 1. The van der Waals surface area contributed by atoms with Crippen molar-refractivity contribution in [2.45, 2.75) is 26.7 Å². The van der Waals surface area contributed by atoms with Crippen molar-refractivity contribution in [1.82, 2.24) is 0 Å². The minimum Gasteiger partial charge on any atom is -0.463 e. The first kappa shape index (κ1) is 17.3. The van der Waals surface area contributed by atoms with Crippen molar-refractivity contribution in [2.75, 3.05) is 6.54 Å². The van der Waals surface area contributed by atoms with Crippen LogP contribution >= 0.6 is 11.3 Å². The van der Waals surface area contributed by atoms with E-state index in [-0.39, 0.29) is 12.0 Å². The van der Waals surface area contributed by atoms with Crippen molar-refractivity contribution in [3.05, 3.63) is 44.6 Å². The number of ether oxygens (including phenoxy) is 1. The van der Waals surface area contributed by atoms with Gasteiger partial charge in [0.05, 0.1) is 10.8 Å². The molecule has 0 spiro atoms. The average Bonchev–Trinajstić information content (AvgIpc) is 3.02. The summed E-state index contributed by atoms with van der Waals surface area (Å²) in [5.41, 5.74) is 5.86. The Kier molecular flexibility index (Phi) is 4.96. The largest absolute Gasteiger partial charge is 0.463 e. The second-order valence-electron chi connectivity index (χ2n) is 5.74. The number of aromatic nitrogens is 1. The van der Waals surface area contributed by atoms with Crippen LogP contribution in [-0.4, -0.2) is 12.5 Å². The van der Waals surface area contributed by atoms with Crippen LogP contribution in [0.4, 0.5) is 0 Å². The minimum atomic E-state index is -0.418. The van der Waals surface area contributed by atoms with E-state index in [1.54, 1.807) is 12.1 Å². The number of aryl methyl sites for hydroxylation is 2. The normalized spacial score (nSPS) is 11.0. The number of carbonyl (C=O) groups is 1. The van der Waals surface area contributed by atoms with Gasteiger partial charge in [0.25, 0.3) is 0 Å².